The molecule has 1 unspecified atom stereocenters. The molecule has 66 valence electrons. The molecule has 0 bridgehead atoms. The van der Waals surface area contributed by atoms with Crippen LogP contribution in [0, 0.1) is 5.92 Å². The molecule has 1 atom stereocenters. The Morgan fingerprint density at radius 2 is 2.50 bits per heavy atom. The molecule has 1 aliphatic carbocycles. The molecule has 0 amide bonds. The van der Waals surface area contributed by atoms with Crippen molar-refractivity contribution in [1.82, 2.24) is 0 Å². The lowest BCUT2D eigenvalue weighted by atomic mass is 10.1. The lowest BCUT2D eigenvalue weighted by Crippen LogP contribution is -2.15. The van der Waals surface area contributed by atoms with E-state index in [-0.39, 0.29) is 24.3 Å². The molecule has 0 aromatic carbocycles. The second-order valence-corrected chi connectivity index (χ2v) is 2.90. The summed E-state index contributed by atoms with van der Waals surface area (Å²) in [5, 5.41) is 0. The fourth-order valence-corrected chi connectivity index (χ4v) is 1.27. The van der Waals surface area contributed by atoms with Crippen molar-refractivity contribution in [2.75, 3.05) is 6.61 Å². The molecule has 3 heteroatoms. The van der Waals surface area contributed by atoms with E-state index in [9.17, 15) is 9.59 Å². The highest BCUT2D eigenvalue weighted by Gasteiger charge is 2.28. The van der Waals surface area contributed by atoms with Crippen LogP contribution in [0.15, 0.2) is 12.7 Å². The summed E-state index contributed by atoms with van der Waals surface area (Å²) >= 11 is 0. The van der Waals surface area contributed by atoms with Crippen LogP contribution in [0.1, 0.15) is 19.3 Å². The highest BCUT2D eigenvalue weighted by Crippen LogP contribution is 2.22. The number of Topliss-reactive ketones (excluding diaryl/α,β-unsaturated/α-hetero) is 1. The lowest BCUT2D eigenvalue weighted by molar-refractivity contribution is -0.147. The zero-order valence-electron chi connectivity index (χ0n) is 6.91. The number of ether oxygens (including phenoxy) is 1. The Bertz CT molecular complexity index is 208. The van der Waals surface area contributed by atoms with E-state index in [1.165, 1.54) is 6.08 Å². The third-order valence-corrected chi connectivity index (χ3v) is 1.92. The Morgan fingerprint density at radius 1 is 1.75 bits per heavy atom. The van der Waals surface area contributed by atoms with E-state index in [0.717, 1.165) is 0 Å². The van der Waals surface area contributed by atoms with E-state index in [1.807, 2.05) is 0 Å². The minimum Gasteiger partial charge on any atom is -0.461 e. The monoisotopic (exact) mass is 168 g/mol. The van der Waals surface area contributed by atoms with Crippen LogP contribution < -0.4 is 0 Å². The van der Waals surface area contributed by atoms with Gasteiger partial charge in [-0.05, 0) is 6.42 Å². The molecular weight excluding hydrogens is 156 g/mol. The summed E-state index contributed by atoms with van der Waals surface area (Å²) in [5.74, 6) is -0.297. The third-order valence-electron chi connectivity index (χ3n) is 1.92. The van der Waals surface area contributed by atoms with Crippen molar-refractivity contribution in [3.8, 4) is 0 Å². The van der Waals surface area contributed by atoms with E-state index in [1.54, 1.807) is 0 Å². The van der Waals surface area contributed by atoms with Gasteiger partial charge in [0.15, 0.2) is 0 Å². The average molecular weight is 168 g/mol. The Morgan fingerprint density at radius 3 is 3.00 bits per heavy atom. The molecule has 1 fully saturated rings. The van der Waals surface area contributed by atoms with Crippen LogP contribution in [-0.2, 0) is 14.3 Å². The summed E-state index contributed by atoms with van der Waals surface area (Å²) in [7, 11) is 0. The highest BCUT2D eigenvalue weighted by atomic mass is 16.5. The zero-order valence-corrected chi connectivity index (χ0v) is 6.91. The van der Waals surface area contributed by atoms with Crippen molar-refractivity contribution >= 4 is 11.8 Å². The molecule has 0 heterocycles. The van der Waals surface area contributed by atoms with Crippen molar-refractivity contribution < 1.29 is 14.3 Å². The van der Waals surface area contributed by atoms with Crippen molar-refractivity contribution in [2.45, 2.75) is 19.3 Å². The van der Waals surface area contributed by atoms with E-state index in [4.69, 9.17) is 4.74 Å². The predicted molar refractivity (Wildman–Crippen MR) is 43.5 cm³/mol. The molecule has 1 aliphatic rings. The molecule has 0 saturated heterocycles. The van der Waals surface area contributed by atoms with Crippen molar-refractivity contribution in [2.24, 2.45) is 5.92 Å². The number of hydrogen-bond acceptors (Lipinski definition) is 3. The van der Waals surface area contributed by atoms with Gasteiger partial charge < -0.3 is 4.74 Å². The van der Waals surface area contributed by atoms with Gasteiger partial charge >= 0.3 is 5.97 Å². The number of rotatable bonds is 3. The van der Waals surface area contributed by atoms with Crippen LogP contribution >= 0.6 is 0 Å². The van der Waals surface area contributed by atoms with Gasteiger partial charge in [-0.15, -0.1) is 0 Å². The summed E-state index contributed by atoms with van der Waals surface area (Å²) in [4.78, 5) is 21.9. The standard InChI is InChI=1S/C9H12O3/c1-2-5-12-9(11)7-3-4-8(10)6-7/h2,7H,1,3-6H2. The fraction of sp³-hybridized carbons (Fsp3) is 0.556. The third kappa shape index (κ3) is 2.19. The van der Waals surface area contributed by atoms with Crippen LogP contribution in [0.4, 0.5) is 0 Å². The quantitative estimate of drug-likeness (QED) is 0.468. The maximum Gasteiger partial charge on any atom is 0.309 e. The molecule has 0 radical (unpaired) electrons. The Hall–Kier alpha value is -1.12. The smallest absolute Gasteiger partial charge is 0.309 e. The van der Waals surface area contributed by atoms with E-state index in [0.29, 0.717) is 19.3 Å². The number of hydrogen-bond donors (Lipinski definition) is 0. The number of ketones is 1. The maximum absolute atomic E-state index is 11.1. The first-order valence-corrected chi connectivity index (χ1v) is 4.03. The number of carbonyl (C=O) groups is 2. The summed E-state index contributed by atoms with van der Waals surface area (Å²) in [6.45, 7) is 3.67. The molecule has 0 aromatic heterocycles. The average Bonchev–Trinajstić information content (AvgIpc) is 2.47. The van der Waals surface area contributed by atoms with E-state index in [2.05, 4.69) is 6.58 Å². The molecule has 0 spiro atoms. The van der Waals surface area contributed by atoms with Gasteiger partial charge in [-0.1, -0.05) is 12.7 Å². The van der Waals surface area contributed by atoms with Crippen molar-refractivity contribution in [3.05, 3.63) is 12.7 Å². The van der Waals surface area contributed by atoms with Crippen LogP contribution in [0.3, 0.4) is 0 Å². The molecule has 0 N–H and O–H groups in total. The van der Waals surface area contributed by atoms with Crippen LogP contribution in [-0.4, -0.2) is 18.4 Å². The van der Waals surface area contributed by atoms with Gasteiger partial charge in [0.05, 0.1) is 5.92 Å². The minimum atomic E-state index is -0.263. The predicted octanol–water partition coefficient (Wildman–Crippen LogP) is 1.08. The Balaban J connectivity index is 2.32. The minimum absolute atomic E-state index is 0.163. The number of carbonyl (C=O) groups excluding carboxylic acids is 2. The summed E-state index contributed by atoms with van der Waals surface area (Å²) < 4.78 is 4.81. The van der Waals surface area contributed by atoms with E-state index < -0.39 is 0 Å². The van der Waals surface area contributed by atoms with Gasteiger partial charge in [-0.25, -0.2) is 0 Å². The molecule has 1 rings (SSSR count). The second kappa shape index (κ2) is 4.04. The topological polar surface area (TPSA) is 43.4 Å². The second-order valence-electron chi connectivity index (χ2n) is 2.90. The van der Waals surface area contributed by atoms with Gasteiger partial charge in [-0.3, -0.25) is 9.59 Å². The molecular formula is C9H12O3. The van der Waals surface area contributed by atoms with Gasteiger partial charge in [0, 0.05) is 12.8 Å². The molecule has 3 nitrogen and oxygen atoms in total. The molecule has 0 aliphatic heterocycles. The molecule has 1 saturated carbocycles. The summed E-state index contributed by atoms with van der Waals surface area (Å²) in [6, 6.07) is 0. The zero-order chi connectivity index (χ0) is 8.97. The van der Waals surface area contributed by atoms with Gasteiger partial charge in [-0.2, -0.15) is 0 Å². The van der Waals surface area contributed by atoms with Crippen LogP contribution in [0.5, 0.6) is 0 Å². The first-order chi connectivity index (χ1) is 5.74. The largest absolute Gasteiger partial charge is 0.461 e. The molecule has 0 aromatic rings. The number of esters is 1. The van der Waals surface area contributed by atoms with Gasteiger partial charge in [0.25, 0.3) is 0 Å². The molecule has 12 heavy (non-hydrogen) atoms. The van der Waals surface area contributed by atoms with Crippen LogP contribution in [0.25, 0.3) is 0 Å². The normalized spacial score (nSPS) is 22.3. The van der Waals surface area contributed by atoms with E-state index >= 15 is 0 Å². The summed E-state index contributed by atoms with van der Waals surface area (Å²) in [6.07, 6.45) is 3.05. The van der Waals surface area contributed by atoms with Gasteiger partial charge in [0.1, 0.15) is 12.4 Å². The highest BCUT2D eigenvalue weighted by molar-refractivity contribution is 5.87. The first-order valence-electron chi connectivity index (χ1n) is 4.03. The maximum atomic E-state index is 11.1. The lowest BCUT2D eigenvalue weighted by Gasteiger charge is -2.05. The van der Waals surface area contributed by atoms with Crippen LogP contribution in [0.2, 0.25) is 0 Å². The fourth-order valence-electron chi connectivity index (χ4n) is 1.27. The van der Waals surface area contributed by atoms with Gasteiger partial charge in [0.2, 0.25) is 0 Å². The van der Waals surface area contributed by atoms with Crippen molar-refractivity contribution in [3.63, 3.8) is 0 Å². The Kier molecular flexibility index (Phi) is 3.02. The Labute approximate surface area is 71.4 Å². The van der Waals surface area contributed by atoms with Crippen molar-refractivity contribution in [1.29, 1.82) is 0 Å². The summed E-state index contributed by atoms with van der Waals surface area (Å²) in [5.41, 5.74) is 0. The first kappa shape index (κ1) is 8.97. The SMILES string of the molecule is C=CCOC(=O)C1CCC(=O)C1.